The van der Waals surface area contributed by atoms with Gasteiger partial charge in [0.25, 0.3) is 0 Å². The van der Waals surface area contributed by atoms with Crippen LogP contribution >= 0.6 is 0 Å². The van der Waals surface area contributed by atoms with Crippen molar-refractivity contribution >= 4 is 22.2 Å². The van der Waals surface area contributed by atoms with Gasteiger partial charge in [0.2, 0.25) is 0 Å². The molecule has 1 aromatic heterocycles. The van der Waals surface area contributed by atoms with Crippen LogP contribution in [0.25, 0.3) is 11.1 Å². The molecular weight excluding hydrogens is 278 g/mol. The van der Waals surface area contributed by atoms with E-state index < -0.39 is 16.5 Å². The highest BCUT2D eigenvalue weighted by molar-refractivity contribution is 7.79. The van der Waals surface area contributed by atoms with Crippen LogP contribution < -0.4 is 10.9 Å². The van der Waals surface area contributed by atoms with E-state index in [-0.39, 0.29) is 0 Å². The van der Waals surface area contributed by atoms with Crippen LogP contribution in [0.15, 0.2) is 28.7 Å². The number of oxazole rings is 1. The number of hydrogen-bond donors (Lipinski definition) is 2. The Morgan fingerprint density at radius 1 is 1.45 bits per heavy atom. The van der Waals surface area contributed by atoms with Gasteiger partial charge in [-0.1, -0.05) is 25.5 Å². The molecule has 0 aliphatic carbocycles. The average molecular weight is 296 g/mol. The first kappa shape index (κ1) is 15.1. The molecule has 0 spiro atoms. The largest absolute Gasteiger partial charge is 0.771 e. The van der Waals surface area contributed by atoms with E-state index in [1.165, 1.54) is 0 Å². The van der Waals surface area contributed by atoms with Crippen molar-refractivity contribution in [3.63, 3.8) is 0 Å². The highest BCUT2D eigenvalue weighted by Gasteiger charge is 2.07. The number of nitrogens with one attached hydrogen (secondary N) is 2. The second-order valence-electron chi connectivity index (χ2n) is 4.43. The number of para-hydroxylation sites is 2. The van der Waals surface area contributed by atoms with Crippen LogP contribution in [0.2, 0.25) is 0 Å². The summed E-state index contributed by atoms with van der Waals surface area (Å²) in [6, 6.07) is 7.57. The van der Waals surface area contributed by atoms with E-state index in [1.807, 2.05) is 31.2 Å². The summed E-state index contributed by atoms with van der Waals surface area (Å²) in [5, 5.41) is -0.566. The number of benzene rings is 1. The lowest BCUT2D eigenvalue weighted by atomic mass is 10.3. The predicted molar refractivity (Wildman–Crippen MR) is 76.5 cm³/mol. The molecule has 0 bridgehead atoms. The minimum atomic E-state index is -2.13. The van der Waals surface area contributed by atoms with E-state index in [4.69, 9.17) is 4.42 Å². The predicted octanol–water partition coefficient (Wildman–Crippen LogP) is 1.47. The minimum Gasteiger partial charge on any atom is -0.771 e. The number of hydrazine groups is 1. The molecule has 0 saturated carbocycles. The standard InChI is InChI=1S/C13H19N3O3S/c1-2-5-13(20(17)18)16-14-9-8-12-15-10-6-3-4-7-11(10)19-12/h3-4,6-7,13-14,16H,2,5,8-9H2,1H3,(H,17,18)/p-1. The van der Waals surface area contributed by atoms with E-state index in [0.717, 1.165) is 17.5 Å². The summed E-state index contributed by atoms with van der Waals surface area (Å²) >= 11 is -2.13. The van der Waals surface area contributed by atoms with E-state index in [9.17, 15) is 8.76 Å². The zero-order valence-corrected chi connectivity index (χ0v) is 12.1. The van der Waals surface area contributed by atoms with Crippen LogP contribution in [0.3, 0.4) is 0 Å². The molecule has 20 heavy (non-hydrogen) atoms. The molecule has 0 fully saturated rings. The zero-order chi connectivity index (χ0) is 14.4. The molecule has 2 atom stereocenters. The van der Waals surface area contributed by atoms with Gasteiger partial charge in [-0.05, 0) is 29.6 Å². The maximum atomic E-state index is 10.9. The summed E-state index contributed by atoms with van der Waals surface area (Å²) in [7, 11) is 0. The average Bonchev–Trinajstić information content (AvgIpc) is 2.84. The van der Waals surface area contributed by atoms with Crippen LogP contribution in [-0.4, -0.2) is 25.7 Å². The minimum absolute atomic E-state index is 0.546. The molecule has 0 saturated heterocycles. The fourth-order valence-electron chi connectivity index (χ4n) is 1.86. The summed E-state index contributed by atoms with van der Waals surface area (Å²) in [5.74, 6) is 0.635. The zero-order valence-electron chi connectivity index (χ0n) is 11.3. The molecule has 6 nitrogen and oxygen atoms in total. The number of aromatic nitrogens is 1. The van der Waals surface area contributed by atoms with Crippen LogP contribution in [-0.2, 0) is 17.5 Å². The summed E-state index contributed by atoms with van der Waals surface area (Å²) in [6.07, 6.45) is 1.97. The van der Waals surface area contributed by atoms with E-state index >= 15 is 0 Å². The molecule has 0 radical (unpaired) electrons. The number of rotatable bonds is 8. The topological polar surface area (TPSA) is 90.2 Å². The van der Waals surface area contributed by atoms with Gasteiger partial charge >= 0.3 is 0 Å². The molecular formula is C13H18N3O3S-. The maximum absolute atomic E-state index is 10.9. The van der Waals surface area contributed by atoms with Crippen molar-refractivity contribution in [3.05, 3.63) is 30.2 Å². The number of fused-ring (bicyclic) bond motifs is 1. The summed E-state index contributed by atoms with van der Waals surface area (Å²) in [4.78, 5) is 4.34. The first-order chi connectivity index (χ1) is 9.70. The van der Waals surface area contributed by atoms with E-state index in [2.05, 4.69) is 15.8 Å². The third kappa shape index (κ3) is 4.11. The Morgan fingerprint density at radius 3 is 2.95 bits per heavy atom. The van der Waals surface area contributed by atoms with Crippen LogP contribution in [0.5, 0.6) is 0 Å². The molecule has 2 N–H and O–H groups in total. The molecule has 1 heterocycles. The van der Waals surface area contributed by atoms with Crippen LogP contribution in [0.4, 0.5) is 0 Å². The molecule has 2 aromatic rings. The molecule has 0 aliphatic heterocycles. The van der Waals surface area contributed by atoms with Crippen molar-refractivity contribution in [2.75, 3.05) is 6.54 Å². The summed E-state index contributed by atoms with van der Waals surface area (Å²) in [6.45, 7) is 2.49. The fourth-order valence-corrected chi connectivity index (χ4v) is 2.47. The van der Waals surface area contributed by atoms with Crippen molar-refractivity contribution in [2.45, 2.75) is 31.6 Å². The van der Waals surface area contributed by atoms with Crippen molar-refractivity contribution in [1.82, 2.24) is 15.8 Å². The highest BCUT2D eigenvalue weighted by Crippen LogP contribution is 2.14. The van der Waals surface area contributed by atoms with Gasteiger partial charge in [-0.2, -0.15) is 0 Å². The molecule has 110 valence electrons. The summed E-state index contributed by atoms with van der Waals surface area (Å²) in [5.41, 5.74) is 7.29. The fraction of sp³-hybridized carbons (Fsp3) is 0.462. The Hall–Kier alpha value is -1.28. The molecule has 0 aliphatic rings. The van der Waals surface area contributed by atoms with Crippen LogP contribution in [0, 0.1) is 0 Å². The lowest BCUT2D eigenvalue weighted by molar-refractivity contribution is 0.434. The normalized spacial score (nSPS) is 14.5. The van der Waals surface area contributed by atoms with Gasteiger partial charge in [0.05, 0.1) is 5.37 Å². The Bertz CT molecular complexity index is 540. The quantitative estimate of drug-likeness (QED) is 0.435. The monoisotopic (exact) mass is 296 g/mol. The van der Waals surface area contributed by atoms with Crippen LogP contribution in [0.1, 0.15) is 25.7 Å². The Kier molecular flexibility index (Phi) is 5.66. The Labute approximate surface area is 120 Å². The smallest absolute Gasteiger partial charge is 0.196 e. The van der Waals surface area contributed by atoms with E-state index in [0.29, 0.717) is 25.3 Å². The third-order valence-electron chi connectivity index (χ3n) is 2.85. The van der Waals surface area contributed by atoms with Gasteiger partial charge in [0.15, 0.2) is 11.5 Å². The maximum Gasteiger partial charge on any atom is 0.196 e. The second kappa shape index (κ2) is 7.49. The van der Waals surface area contributed by atoms with Gasteiger partial charge in [-0.3, -0.25) is 9.63 Å². The van der Waals surface area contributed by atoms with E-state index in [1.54, 1.807) is 0 Å². The Balaban J connectivity index is 1.79. The molecule has 2 unspecified atom stereocenters. The second-order valence-corrected chi connectivity index (χ2v) is 5.52. The van der Waals surface area contributed by atoms with Gasteiger partial charge in [-0.15, -0.1) is 0 Å². The van der Waals surface area contributed by atoms with Crippen molar-refractivity contribution in [3.8, 4) is 0 Å². The summed E-state index contributed by atoms with van der Waals surface area (Å²) < 4.78 is 27.4. The molecule has 1 aromatic carbocycles. The first-order valence-electron chi connectivity index (χ1n) is 6.61. The van der Waals surface area contributed by atoms with Gasteiger partial charge in [-0.25, -0.2) is 10.4 Å². The van der Waals surface area contributed by atoms with Gasteiger partial charge < -0.3 is 8.97 Å². The van der Waals surface area contributed by atoms with Crippen molar-refractivity contribution in [1.29, 1.82) is 0 Å². The van der Waals surface area contributed by atoms with Gasteiger partial charge in [0.1, 0.15) is 5.52 Å². The lowest BCUT2D eigenvalue weighted by Gasteiger charge is -2.20. The molecule has 2 rings (SSSR count). The third-order valence-corrected chi connectivity index (χ3v) is 3.67. The highest BCUT2D eigenvalue weighted by atomic mass is 32.2. The first-order valence-corrected chi connectivity index (χ1v) is 7.75. The van der Waals surface area contributed by atoms with Crippen molar-refractivity contribution in [2.24, 2.45) is 0 Å². The SMILES string of the molecule is CCCC(NNCCc1nc2ccccc2o1)S(=O)[O-]. The number of nitrogens with zero attached hydrogens (tertiary/aromatic N) is 1. The molecule has 7 heteroatoms. The molecule has 0 amide bonds. The van der Waals surface area contributed by atoms with Crippen molar-refractivity contribution < 1.29 is 13.2 Å². The number of hydrogen-bond acceptors (Lipinski definition) is 6. The van der Waals surface area contributed by atoms with Gasteiger partial charge in [0, 0.05) is 13.0 Å². The Morgan fingerprint density at radius 2 is 2.25 bits per heavy atom. The lowest BCUT2D eigenvalue weighted by Crippen LogP contribution is -2.44.